The van der Waals surface area contributed by atoms with Crippen LogP contribution in [0, 0.1) is 18.3 Å². The van der Waals surface area contributed by atoms with Crippen LogP contribution in [0.1, 0.15) is 38.5 Å². The predicted octanol–water partition coefficient (Wildman–Crippen LogP) is 2.57. The van der Waals surface area contributed by atoms with E-state index in [9.17, 15) is 19.7 Å². The van der Waals surface area contributed by atoms with E-state index in [2.05, 4.69) is 15.0 Å². The molecule has 2 heterocycles. The van der Waals surface area contributed by atoms with Gasteiger partial charge in [0.25, 0.3) is 14.1 Å². The molecule has 224 valence electrons. The zero-order valence-electron chi connectivity index (χ0n) is 22.7. The van der Waals surface area contributed by atoms with Gasteiger partial charge in [-0.15, -0.1) is 0 Å². The van der Waals surface area contributed by atoms with Gasteiger partial charge in [-0.05, 0) is 32.7 Å². The Labute approximate surface area is 231 Å². The van der Waals surface area contributed by atoms with Crippen LogP contribution in [-0.4, -0.2) is 73.8 Å². The third-order valence-electron chi connectivity index (χ3n) is 5.57. The number of methoxy groups -OCH3 is 1. The van der Waals surface area contributed by atoms with Gasteiger partial charge < -0.3 is 32.3 Å². The summed E-state index contributed by atoms with van der Waals surface area (Å²) in [6, 6.07) is 1.93. The molecule has 1 aromatic rings. The standard InChI is InChI=1S/C21H35N7O10P2/c1-5-35-40(31,36-6-2)16(26-27-23)12-15-17(38-39(24)34-9-7-8-22)18(33-11-10-32-4)20(37-15)28-13-14(3)19(29)25-21(28)30/h13,15-18,20H,5-7,9-12,24H2,1-4H3,(H,25,29,30)/t15-,16?,17-,18-,20-,39?/m1/s1. The third kappa shape index (κ3) is 9.17. The van der Waals surface area contributed by atoms with Gasteiger partial charge in [-0.1, -0.05) is 5.11 Å². The van der Waals surface area contributed by atoms with Crippen molar-refractivity contribution in [3.05, 3.63) is 43.0 Å². The molecule has 1 aliphatic rings. The quantitative estimate of drug-likeness (QED) is 0.0805. The molecule has 3 N–H and O–H groups in total. The van der Waals surface area contributed by atoms with Gasteiger partial charge in [0.2, 0.25) is 0 Å². The minimum absolute atomic E-state index is 0.000613. The van der Waals surface area contributed by atoms with Gasteiger partial charge >= 0.3 is 13.3 Å². The molecular weight excluding hydrogens is 572 g/mol. The van der Waals surface area contributed by atoms with Gasteiger partial charge in [-0.2, -0.15) is 5.26 Å². The summed E-state index contributed by atoms with van der Waals surface area (Å²) in [4.78, 5) is 29.8. The van der Waals surface area contributed by atoms with Crippen molar-refractivity contribution in [3.8, 4) is 6.07 Å². The van der Waals surface area contributed by atoms with Gasteiger partial charge in [0.15, 0.2) is 6.23 Å². The van der Waals surface area contributed by atoms with Gasteiger partial charge in [0.05, 0.1) is 51.6 Å². The first-order valence-electron chi connectivity index (χ1n) is 12.4. The number of nitrogens with zero attached hydrogens (tertiary/aromatic N) is 5. The molecule has 2 unspecified atom stereocenters. The van der Waals surface area contributed by atoms with Crippen LogP contribution in [0.3, 0.4) is 0 Å². The topological polar surface area (TPSA) is 235 Å². The van der Waals surface area contributed by atoms with Gasteiger partial charge in [-0.25, -0.2) is 4.79 Å². The molecule has 0 spiro atoms. The molecule has 1 fully saturated rings. The molecular formula is C21H35N7O10P2. The Morgan fingerprint density at radius 1 is 1.30 bits per heavy atom. The fourth-order valence-electron chi connectivity index (χ4n) is 3.88. The maximum atomic E-state index is 13.6. The Morgan fingerprint density at radius 3 is 2.60 bits per heavy atom. The number of nitrogens with one attached hydrogen (secondary N) is 1. The van der Waals surface area contributed by atoms with Crippen LogP contribution in [0.25, 0.3) is 10.4 Å². The normalized spacial score (nSPS) is 22.4. The second-order valence-electron chi connectivity index (χ2n) is 8.27. The Balaban J connectivity index is 2.56. The van der Waals surface area contributed by atoms with Crippen LogP contribution < -0.4 is 16.8 Å². The molecule has 40 heavy (non-hydrogen) atoms. The number of H-pyrrole nitrogens is 1. The number of rotatable bonds is 18. The van der Waals surface area contributed by atoms with E-state index in [1.54, 1.807) is 13.8 Å². The minimum Gasteiger partial charge on any atom is -0.382 e. The molecule has 17 nitrogen and oxygen atoms in total. The number of aromatic amines is 1. The Bertz CT molecular complexity index is 1190. The highest BCUT2D eigenvalue weighted by atomic mass is 31.2. The molecule has 6 atom stereocenters. The first kappa shape index (κ1) is 34.0. The predicted molar refractivity (Wildman–Crippen MR) is 142 cm³/mol. The smallest absolute Gasteiger partial charge is 0.339 e. The van der Waals surface area contributed by atoms with Crippen LogP contribution in [0.15, 0.2) is 20.9 Å². The summed E-state index contributed by atoms with van der Waals surface area (Å²) < 4.78 is 54.2. The van der Waals surface area contributed by atoms with Crippen molar-refractivity contribution in [3.63, 3.8) is 0 Å². The Kier molecular flexibility index (Phi) is 14.4. The second kappa shape index (κ2) is 16.9. The van der Waals surface area contributed by atoms with E-state index in [0.29, 0.717) is 0 Å². The summed E-state index contributed by atoms with van der Waals surface area (Å²) in [6.07, 6.45) is -3.17. The SMILES string of the molecule is CCOP(=O)(OCC)C(C[C@H]1O[C@@H](n2cc(C)c(=O)[nH]c2=O)[C@H](OCCOC)[C@@H]1OP(N)OCCC#N)N=[N+]=[N-]. The van der Waals surface area contributed by atoms with Crippen molar-refractivity contribution in [2.45, 2.75) is 63.9 Å². The first-order valence-corrected chi connectivity index (χ1v) is 15.2. The molecule has 0 bridgehead atoms. The molecule has 1 aromatic heterocycles. The average Bonchev–Trinajstić information content (AvgIpc) is 3.22. The molecule has 0 amide bonds. The van der Waals surface area contributed by atoms with E-state index >= 15 is 0 Å². The third-order valence-corrected chi connectivity index (χ3v) is 8.74. The lowest BCUT2D eigenvalue weighted by molar-refractivity contribution is -0.0784. The highest BCUT2D eigenvalue weighted by Gasteiger charge is 2.51. The van der Waals surface area contributed by atoms with Crippen molar-refractivity contribution in [1.82, 2.24) is 9.55 Å². The molecule has 2 rings (SSSR count). The van der Waals surface area contributed by atoms with Crippen LogP contribution >= 0.6 is 16.1 Å². The number of nitrogens with two attached hydrogens (primary N) is 1. The van der Waals surface area contributed by atoms with Crippen molar-refractivity contribution >= 4 is 16.1 Å². The largest absolute Gasteiger partial charge is 0.382 e. The van der Waals surface area contributed by atoms with E-state index in [0.717, 1.165) is 4.57 Å². The van der Waals surface area contributed by atoms with E-state index in [-0.39, 0.29) is 51.4 Å². The van der Waals surface area contributed by atoms with Crippen molar-refractivity contribution in [2.24, 2.45) is 10.6 Å². The Morgan fingerprint density at radius 2 is 2.00 bits per heavy atom. The molecule has 0 aliphatic carbocycles. The number of hydrogen-bond donors (Lipinski definition) is 2. The molecule has 0 aromatic carbocycles. The fourth-order valence-corrected chi connectivity index (χ4v) is 6.48. The number of azide groups is 1. The summed E-state index contributed by atoms with van der Waals surface area (Å²) >= 11 is 0. The fraction of sp³-hybridized carbons (Fsp3) is 0.762. The number of ether oxygens (including phenoxy) is 3. The average molecular weight is 607 g/mol. The maximum absolute atomic E-state index is 13.6. The first-order chi connectivity index (χ1) is 19.1. The van der Waals surface area contributed by atoms with E-state index < -0.39 is 57.7 Å². The van der Waals surface area contributed by atoms with Crippen LogP contribution in [0.5, 0.6) is 0 Å². The summed E-state index contributed by atoms with van der Waals surface area (Å²) in [5.41, 5.74) is 14.2. The van der Waals surface area contributed by atoms with Crippen molar-refractivity contribution < 1.29 is 36.9 Å². The summed E-state index contributed by atoms with van der Waals surface area (Å²) in [6.45, 7) is 4.99. The molecule has 1 saturated heterocycles. The van der Waals surface area contributed by atoms with Crippen molar-refractivity contribution in [1.29, 1.82) is 5.26 Å². The zero-order chi connectivity index (χ0) is 29.7. The maximum Gasteiger partial charge on any atom is 0.339 e. The second-order valence-corrected chi connectivity index (χ2v) is 11.5. The molecule has 0 radical (unpaired) electrons. The highest BCUT2D eigenvalue weighted by molar-refractivity contribution is 7.54. The number of hydrogen-bond acceptors (Lipinski definition) is 13. The minimum atomic E-state index is -3.97. The highest BCUT2D eigenvalue weighted by Crippen LogP contribution is 2.56. The zero-order valence-corrected chi connectivity index (χ0v) is 24.5. The summed E-state index contributed by atoms with van der Waals surface area (Å²) in [7, 11) is -4.57. The number of aryl methyl sites for hydroxylation is 1. The lowest BCUT2D eigenvalue weighted by Gasteiger charge is -2.29. The van der Waals surface area contributed by atoms with Crippen molar-refractivity contribution in [2.75, 3.05) is 40.1 Å². The molecule has 0 saturated carbocycles. The van der Waals surface area contributed by atoms with E-state index in [1.165, 1.54) is 20.2 Å². The molecule has 19 heteroatoms. The monoisotopic (exact) mass is 607 g/mol. The van der Waals surface area contributed by atoms with E-state index in [1.807, 2.05) is 6.07 Å². The van der Waals surface area contributed by atoms with E-state index in [4.69, 9.17) is 43.1 Å². The summed E-state index contributed by atoms with van der Waals surface area (Å²) in [5.74, 6) is -1.34. The van der Waals surface area contributed by atoms with Crippen LogP contribution in [0.2, 0.25) is 0 Å². The summed E-state index contributed by atoms with van der Waals surface area (Å²) in [5, 5.41) is 12.5. The van der Waals surface area contributed by atoms with Crippen LogP contribution in [-0.2, 0) is 36.9 Å². The lowest BCUT2D eigenvalue weighted by Crippen LogP contribution is -2.41. The van der Waals surface area contributed by atoms with Gasteiger partial charge in [0, 0.05) is 23.8 Å². The molecule has 1 aliphatic heterocycles. The Hall–Kier alpha value is -2.18. The van der Waals surface area contributed by atoms with Gasteiger partial charge in [-0.3, -0.25) is 24.4 Å². The van der Waals surface area contributed by atoms with Crippen LogP contribution in [0.4, 0.5) is 0 Å². The lowest BCUT2D eigenvalue weighted by atomic mass is 10.1. The van der Waals surface area contributed by atoms with Gasteiger partial charge in [0.1, 0.15) is 18.0 Å². The number of aromatic nitrogens is 2. The number of nitriles is 1.